The van der Waals surface area contributed by atoms with Crippen molar-refractivity contribution < 1.29 is 4.79 Å². The summed E-state index contributed by atoms with van der Waals surface area (Å²) in [7, 11) is 0. The molecule has 0 aromatic heterocycles. The van der Waals surface area contributed by atoms with E-state index < -0.39 is 0 Å². The summed E-state index contributed by atoms with van der Waals surface area (Å²) in [6, 6.07) is 10.9. The van der Waals surface area contributed by atoms with E-state index in [1.54, 1.807) is 12.1 Å². The van der Waals surface area contributed by atoms with Gasteiger partial charge >= 0.3 is 0 Å². The molecule has 5 heteroatoms. The molecule has 0 atom stereocenters. The van der Waals surface area contributed by atoms with Gasteiger partial charge in [0.05, 0.1) is 17.7 Å². The minimum absolute atomic E-state index is 0.0888. The predicted molar refractivity (Wildman–Crippen MR) is 72.4 cm³/mol. The molecular weight excluding hydrogens is 240 g/mol. The summed E-state index contributed by atoms with van der Waals surface area (Å²) < 4.78 is 0. The maximum absolute atomic E-state index is 12.3. The van der Waals surface area contributed by atoms with Crippen LogP contribution in [0.4, 0.5) is 5.69 Å². The first-order valence-electron chi connectivity index (χ1n) is 6.10. The second-order valence-electron chi connectivity index (χ2n) is 3.95. The van der Waals surface area contributed by atoms with Gasteiger partial charge < -0.3 is 10.2 Å². The minimum Gasteiger partial charge on any atom is -0.384 e. The highest BCUT2D eigenvalue weighted by atomic mass is 16.2. The summed E-state index contributed by atoms with van der Waals surface area (Å²) in [6.45, 7) is 2.62. The summed E-state index contributed by atoms with van der Waals surface area (Å²) in [5.74, 6) is -0.303. The molecule has 1 amide bonds. The van der Waals surface area contributed by atoms with E-state index in [2.05, 4.69) is 5.32 Å². The number of nitrogens with zero attached hydrogens (tertiary/aromatic N) is 3. The molecule has 0 bridgehead atoms. The molecule has 0 radical (unpaired) electrons. The van der Waals surface area contributed by atoms with Crippen LogP contribution in [0.2, 0.25) is 0 Å². The van der Waals surface area contributed by atoms with E-state index in [-0.39, 0.29) is 19.0 Å². The van der Waals surface area contributed by atoms with Crippen LogP contribution in [0.5, 0.6) is 0 Å². The van der Waals surface area contributed by atoms with E-state index in [4.69, 9.17) is 10.5 Å². The van der Waals surface area contributed by atoms with E-state index >= 15 is 0 Å². The van der Waals surface area contributed by atoms with Crippen molar-refractivity contribution in [1.82, 2.24) is 4.90 Å². The van der Waals surface area contributed by atoms with Gasteiger partial charge in [0.2, 0.25) is 0 Å². The van der Waals surface area contributed by atoms with Gasteiger partial charge in [0.25, 0.3) is 5.91 Å². The van der Waals surface area contributed by atoms with Gasteiger partial charge in [-0.1, -0.05) is 19.1 Å². The van der Waals surface area contributed by atoms with Crippen molar-refractivity contribution in [2.24, 2.45) is 0 Å². The van der Waals surface area contributed by atoms with Gasteiger partial charge in [-0.05, 0) is 18.6 Å². The first kappa shape index (κ1) is 14.5. The Hall–Kier alpha value is -2.53. The normalized spacial score (nSPS) is 9.21. The monoisotopic (exact) mass is 256 g/mol. The van der Waals surface area contributed by atoms with Crippen LogP contribution in [0.15, 0.2) is 24.3 Å². The van der Waals surface area contributed by atoms with E-state index in [1.807, 2.05) is 31.2 Å². The molecule has 0 fully saturated rings. The van der Waals surface area contributed by atoms with Crippen molar-refractivity contribution in [3.63, 3.8) is 0 Å². The quantitative estimate of drug-likeness (QED) is 0.789. The van der Waals surface area contributed by atoms with Crippen LogP contribution < -0.4 is 5.32 Å². The number of rotatable bonds is 6. The summed E-state index contributed by atoms with van der Waals surface area (Å²) in [5, 5.41) is 20.6. The largest absolute Gasteiger partial charge is 0.384 e. The van der Waals surface area contributed by atoms with Crippen LogP contribution in [-0.4, -0.2) is 30.4 Å². The Balaban J connectivity index is 2.97. The Morgan fingerprint density at radius 2 is 1.89 bits per heavy atom. The maximum Gasteiger partial charge on any atom is 0.257 e. The number of benzene rings is 1. The molecule has 0 spiro atoms. The van der Waals surface area contributed by atoms with E-state index in [0.717, 1.165) is 18.7 Å². The molecule has 5 nitrogen and oxygen atoms in total. The van der Waals surface area contributed by atoms with Crippen molar-refractivity contribution in [2.45, 2.75) is 13.3 Å². The molecule has 1 aromatic rings. The van der Waals surface area contributed by atoms with Crippen LogP contribution in [0, 0.1) is 22.7 Å². The van der Waals surface area contributed by atoms with E-state index in [1.165, 1.54) is 4.90 Å². The highest BCUT2D eigenvalue weighted by Gasteiger charge is 2.17. The first-order chi connectivity index (χ1) is 9.24. The Morgan fingerprint density at radius 1 is 1.26 bits per heavy atom. The molecule has 0 saturated carbocycles. The third-order valence-electron chi connectivity index (χ3n) is 2.53. The molecule has 0 aliphatic heterocycles. The zero-order valence-corrected chi connectivity index (χ0v) is 10.9. The Labute approximate surface area is 113 Å². The van der Waals surface area contributed by atoms with Crippen molar-refractivity contribution in [3.05, 3.63) is 29.8 Å². The summed E-state index contributed by atoms with van der Waals surface area (Å²) in [4.78, 5) is 13.5. The zero-order chi connectivity index (χ0) is 14.1. The fourth-order valence-electron chi connectivity index (χ4n) is 1.62. The van der Waals surface area contributed by atoms with Crippen molar-refractivity contribution in [3.8, 4) is 12.1 Å². The lowest BCUT2D eigenvalue weighted by Gasteiger charge is -2.18. The summed E-state index contributed by atoms with van der Waals surface area (Å²) in [5.41, 5.74) is 1.22. The lowest BCUT2D eigenvalue weighted by molar-refractivity contribution is 0.0795. The van der Waals surface area contributed by atoms with Crippen LogP contribution >= 0.6 is 0 Å². The second kappa shape index (κ2) is 7.73. The first-order valence-corrected chi connectivity index (χ1v) is 6.10. The molecule has 0 aliphatic rings. The number of nitriles is 2. The van der Waals surface area contributed by atoms with Gasteiger partial charge in [-0.25, -0.2) is 0 Å². The van der Waals surface area contributed by atoms with Gasteiger partial charge in [0.1, 0.15) is 13.1 Å². The van der Waals surface area contributed by atoms with Gasteiger partial charge in [-0.3, -0.25) is 4.79 Å². The standard InChI is InChI=1S/C14H16N4O/c1-2-9-17-13-6-4-3-5-12(13)14(19)18(10-7-15)11-8-16/h3-6,17H,2,9-11H2,1H3. The molecule has 1 aromatic carbocycles. The number of anilines is 1. The smallest absolute Gasteiger partial charge is 0.257 e. The average Bonchev–Trinajstić information content (AvgIpc) is 2.44. The number of hydrogen-bond acceptors (Lipinski definition) is 4. The minimum atomic E-state index is -0.303. The van der Waals surface area contributed by atoms with E-state index in [9.17, 15) is 4.79 Å². The van der Waals surface area contributed by atoms with Gasteiger partial charge in [0.15, 0.2) is 0 Å². The van der Waals surface area contributed by atoms with Crippen LogP contribution in [0.1, 0.15) is 23.7 Å². The number of para-hydroxylation sites is 1. The van der Waals surface area contributed by atoms with Gasteiger partial charge in [-0.2, -0.15) is 10.5 Å². The zero-order valence-electron chi connectivity index (χ0n) is 10.9. The average molecular weight is 256 g/mol. The highest BCUT2D eigenvalue weighted by Crippen LogP contribution is 2.17. The molecule has 19 heavy (non-hydrogen) atoms. The number of carbonyl (C=O) groups is 1. The molecule has 98 valence electrons. The van der Waals surface area contributed by atoms with Crippen LogP contribution in [-0.2, 0) is 0 Å². The van der Waals surface area contributed by atoms with Crippen molar-refractivity contribution in [1.29, 1.82) is 10.5 Å². The number of carbonyl (C=O) groups excluding carboxylic acids is 1. The Bertz CT molecular complexity index is 497. The fraction of sp³-hybridized carbons (Fsp3) is 0.357. The molecule has 0 heterocycles. The molecule has 1 rings (SSSR count). The third kappa shape index (κ3) is 4.01. The van der Waals surface area contributed by atoms with Crippen molar-refractivity contribution in [2.75, 3.05) is 25.0 Å². The molecule has 1 N–H and O–H groups in total. The number of nitrogens with one attached hydrogen (secondary N) is 1. The van der Waals surface area contributed by atoms with Gasteiger partial charge in [-0.15, -0.1) is 0 Å². The SMILES string of the molecule is CCCNc1ccccc1C(=O)N(CC#N)CC#N. The lowest BCUT2D eigenvalue weighted by atomic mass is 10.1. The second-order valence-corrected chi connectivity index (χ2v) is 3.95. The third-order valence-corrected chi connectivity index (χ3v) is 2.53. The fourth-order valence-corrected chi connectivity index (χ4v) is 1.62. The Kier molecular flexibility index (Phi) is 5.91. The molecule has 0 unspecified atom stereocenters. The van der Waals surface area contributed by atoms with Crippen LogP contribution in [0.25, 0.3) is 0 Å². The molecular formula is C14H16N4O. The molecule has 0 saturated heterocycles. The lowest BCUT2D eigenvalue weighted by Crippen LogP contribution is -2.32. The summed E-state index contributed by atoms with van der Waals surface area (Å²) in [6.07, 6.45) is 0.947. The van der Waals surface area contributed by atoms with E-state index in [0.29, 0.717) is 5.56 Å². The van der Waals surface area contributed by atoms with Crippen LogP contribution in [0.3, 0.4) is 0 Å². The van der Waals surface area contributed by atoms with Gasteiger partial charge in [0, 0.05) is 12.2 Å². The van der Waals surface area contributed by atoms with Crippen molar-refractivity contribution >= 4 is 11.6 Å². The number of amides is 1. The topological polar surface area (TPSA) is 79.9 Å². The predicted octanol–water partition coefficient (Wildman–Crippen LogP) is 2.00. The maximum atomic E-state index is 12.3. The molecule has 0 aliphatic carbocycles. The highest BCUT2D eigenvalue weighted by molar-refractivity contribution is 5.99. The number of hydrogen-bond donors (Lipinski definition) is 1. The summed E-state index contributed by atoms with van der Waals surface area (Å²) >= 11 is 0. The Morgan fingerprint density at radius 3 is 2.47 bits per heavy atom.